The minimum Gasteiger partial charge on any atom is -0.137 e. The summed E-state index contributed by atoms with van der Waals surface area (Å²) < 4.78 is 1.03. The number of halogens is 2. The summed E-state index contributed by atoms with van der Waals surface area (Å²) in [5.41, 5.74) is 1.06. The Kier molecular flexibility index (Phi) is 3.49. The Morgan fingerprint density at radius 1 is 1.58 bits per heavy atom. The van der Waals surface area contributed by atoms with Crippen LogP contribution in [0.25, 0.3) is 0 Å². The van der Waals surface area contributed by atoms with Crippen LogP contribution in [0, 0.1) is 6.92 Å². The Hall–Kier alpha value is 0.755. The van der Waals surface area contributed by atoms with Crippen molar-refractivity contribution in [3.05, 3.63) is 28.2 Å². The van der Waals surface area contributed by atoms with E-state index in [1.165, 1.54) is 0 Å². The van der Waals surface area contributed by atoms with E-state index in [2.05, 4.69) is 27.6 Å². The third kappa shape index (κ3) is 2.62. The standard InChI is InChI=1S/C7H7BBrClS2/c1-5-4-6(9)2-3-7(5)12(8,10)11/h2-4,11H,1H3. The molecule has 5 heteroatoms. The van der Waals surface area contributed by atoms with E-state index in [1.54, 1.807) is 0 Å². The summed E-state index contributed by atoms with van der Waals surface area (Å²) in [6.07, 6.45) is 0. The van der Waals surface area contributed by atoms with E-state index in [1.807, 2.05) is 25.1 Å². The van der Waals surface area contributed by atoms with Gasteiger partial charge in [-0.15, -0.1) is 19.8 Å². The van der Waals surface area contributed by atoms with Crippen LogP contribution < -0.4 is 0 Å². The predicted octanol–water partition coefficient (Wildman–Crippen LogP) is 4.00. The van der Waals surface area contributed by atoms with Gasteiger partial charge in [0.1, 0.15) is 0 Å². The summed E-state index contributed by atoms with van der Waals surface area (Å²) in [5, 5.41) is 0. The van der Waals surface area contributed by atoms with E-state index in [9.17, 15) is 0 Å². The molecule has 64 valence electrons. The van der Waals surface area contributed by atoms with Crippen molar-refractivity contribution in [1.82, 2.24) is 0 Å². The van der Waals surface area contributed by atoms with Crippen molar-refractivity contribution < 1.29 is 0 Å². The Morgan fingerprint density at radius 2 is 2.17 bits per heavy atom. The quantitative estimate of drug-likeness (QED) is 0.449. The topological polar surface area (TPSA) is 0 Å². The van der Waals surface area contributed by atoms with Gasteiger partial charge in [-0.05, 0) is 30.7 Å². The third-order valence-electron chi connectivity index (χ3n) is 1.45. The van der Waals surface area contributed by atoms with Gasteiger partial charge in [-0.25, -0.2) is 0 Å². The molecule has 0 N–H and O–H groups in total. The predicted molar refractivity (Wildman–Crippen MR) is 65.3 cm³/mol. The third-order valence-corrected chi connectivity index (χ3v) is 4.10. The SMILES string of the molecule is [B]S(S)(Cl)c1ccc(Br)cc1C. The first-order valence-corrected chi connectivity index (χ1v) is 7.57. The fraction of sp³-hybridized carbons (Fsp3) is 0.143. The van der Waals surface area contributed by atoms with Gasteiger partial charge in [0, 0.05) is 9.37 Å². The fourth-order valence-corrected chi connectivity index (χ4v) is 3.31. The van der Waals surface area contributed by atoms with Crippen LogP contribution in [0.5, 0.6) is 0 Å². The van der Waals surface area contributed by atoms with Gasteiger partial charge in [0.05, 0.1) is 0 Å². The molecule has 1 aromatic rings. The van der Waals surface area contributed by atoms with E-state index in [0.717, 1.165) is 14.9 Å². The first-order valence-electron chi connectivity index (χ1n) is 3.20. The van der Waals surface area contributed by atoms with Crippen molar-refractivity contribution in [3.8, 4) is 0 Å². The molecule has 0 saturated carbocycles. The number of hydrogen-bond acceptors (Lipinski definition) is 1. The van der Waals surface area contributed by atoms with Crippen molar-refractivity contribution in [3.63, 3.8) is 0 Å². The average molecular weight is 281 g/mol. The molecule has 2 radical (unpaired) electrons. The Labute approximate surface area is 93.1 Å². The van der Waals surface area contributed by atoms with E-state index >= 15 is 0 Å². The maximum Gasteiger partial charge on any atom is 0.178 e. The maximum absolute atomic E-state index is 5.93. The molecule has 0 heterocycles. The molecule has 0 spiro atoms. The van der Waals surface area contributed by atoms with E-state index in [4.69, 9.17) is 17.8 Å². The second-order valence-corrected chi connectivity index (χ2v) is 8.75. The Morgan fingerprint density at radius 3 is 2.58 bits per heavy atom. The summed E-state index contributed by atoms with van der Waals surface area (Å²) in [6.45, 7) is 1.97. The molecular formula is C7H7BBrClS2. The first-order chi connectivity index (χ1) is 5.41. The van der Waals surface area contributed by atoms with Gasteiger partial charge in [0.15, 0.2) is 7.12 Å². The lowest BCUT2D eigenvalue weighted by molar-refractivity contribution is 1.29. The normalized spacial score (nSPS) is 18.3. The lowest BCUT2D eigenvalue weighted by Gasteiger charge is -2.23. The zero-order chi connectivity index (χ0) is 9.35. The summed E-state index contributed by atoms with van der Waals surface area (Å²) in [5.74, 6) is 0. The second-order valence-electron chi connectivity index (χ2n) is 2.46. The average Bonchev–Trinajstić information content (AvgIpc) is 1.83. The number of hydrogen-bond donors (Lipinski definition) is 1. The Bertz CT molecular complexity index is 298. The van der Waals surface area contributed by atoms with E-state index in [-0.39, 0.29) is 0 Å². The van der Waals surface area contributed by atoms with Gasteiger partial charge >= 0.3 is 0 Å². The second kappa shape index (κ2) is 3.87. The van der Waals surface area contributed by atoms with Crippen LogP contribution in [-0.2, 0) is 0 Å². The van der Waals surface area contributed by atoms with Gasteiger partial charge in [-0.3, -0.25) is 0 Å². The molecule has 0 bridgehead atoms. The van der Waals surface area contributed by atoms with Gasteiger partial charge in [-0.2, -0.15) is 0 Å². The highest BCUT2D eigenvalue weighted by atomic mass is 79.9. The minimum atomic E-state index is -1.90. The van der Waals surface area contributed by atoms with Crippen molar-refractivity contribution in [1.29, 1.82) is 0 Å². The largest absolute Gasteiger partial charge is 0.178 e. The molecule has 0 nitrogen and oxygen atoms in total. The zero-order valence-corrected chi connectivity index (χ0v) is 10.5. The van der Waals surface area contributed by atoms with Crippen LogP contribution in [0.15, 0.2) is 27.6 Å². The molecule has 1 atom stereocenters. The molecule has 1 aromatic carbocycles. The lowest BCUT2D eigenvalue weighted by Crippen LogP contribution is -1.87. The number of aryl methyl sites for hydroxylation is 1. The van der Waals surface area contributed by atoms with Crippen LogP contribution >= 0.6 is 46.4 Å². The van der Waals surface area contributed by atoms with Gasteiger partial charge in [0.2, 0.25) is 0 Å². The fourth-order valence-electron chi connectivity index (χ4n) is 0.934. The van der Waals surface area contributed by atoms with Crippen LogP contribution in [0.4, 0.5) is 0 Å². The number of rotatable bonds is 1. The molecule has 0 aromatic heterocycles. The Balaban J connectivity index is 3.19. The molecule has 0 saturated heterocycles. The maximum atomic E-state index is 5.93. The number of benzene rings is 1. The zero-order valence-electron chi connectivity index (χ0n) is 6.42. The van der Waals surface area contributed by atoms with Gasteiger partial charge in [0.25, 0.3) is 0 Å². The van der Waals surface area contributed by atoms with Crippen molar-refractivity contribution in [2.24, 2.45) is 0 Å². The first kappa shape index (κ1) is 10.8. The van der Waals surface area contributed by atoms with E-state index in [0.29, 0.717) is 0 Å². The van der Waals surface area contributed by atoms with Crippen LogP contribution in [0.1, 0.15) is 5.56 Å². The molecule has 0 aliphatic rings. The molecule has 0 aliphatic heterocycles. The van der Waals surface area contributed by atoms with Crippen molar-refractivity contribution in [2.75, 3.05) is 0 Å². The molecule has 0 amide bonds. The minimum absolute atomic E-state index is 0.913. The molecule has 0 fully saturated rings. The highest BCUT2D eigenvalue weighted by molar-refractivity contribution is 9.10. The van der Waals surface area contributed by atoms with E-state index < -0.39 is 8.12 Å². The highest BCUT2D eigenvalue weighted by Crippen LogP contribution is 2.61. The van der Waals surface area contributed by atoms with Crippen LogP contribution in [0.2, 0.25) is 0 Å². The summed E-state index contributed by atoms with van der Waals surface area (Å²) >= 11 is 7.52. The monoisotopic (exact) mass is 280 g/mol. The lowest BCUT2D eigenvalue weighted by atomic mass is 10.2. The van der Waals surface area contributed by atoms with Crippen LogP contribution in [0.3, 0.4) is 0 Å². The van der Waals surface area contributed by atoms with Crippen molar-refractivity contribution >= 4 is 53.5 Å². The van der Waals surface area contributed by atoms with Gasteiger partial charge < -0.3 is 0 Å². The number of thiol groups is 1. The van der Waals surface area contributed by atoms with Gasteiger partial charge in [-0.1, -0.05) is 26.6 Å². The highest BCUT2D eigenvalue weighted by Gasteiger charge is 2.13. The summed E-state index contributed by atoms with van der Waals surface area (Å²) in [7, 11) is 9.73. The molecular weight excluding hydrogens is 274 g/mol. The summed E-state index contributed by atoms with van der Waals surface area (Å²) in [6, 6.07) is 5.78. The molecule has 0 aliphatic carbocycles. The molecule has 1 unspecified atom stereocenters. The van der Waals surface area contributed by atoms with Crippen LogP contribution in [-0.4, -0.2) is 7.12 Å². The smallest absolute Gasteiger partial charge is 0.137 e. The summed E-state index contributed by atoms with van der Waals surface area (Å²) in [4.78, 5) is 0.913. The molecule has 1 rings (SSSR count). The van der Waals surface area contributed by atoms with Crippen molar-refractivity contribution in [2.45, 2.75) is 11.8 Å². The molecule has 12 heavy (non-hydrogen) atoms.